The first-order chi connectivity index (χ1) is 11.1. The van der Waals surface area contributed by atoms with Gasteiger partial charge < -0.3 is 0 Å². The molecular weight excluding hydrogens is 385 g/mol. The summed E-state index contributed by atoms with van der Waals surface area (Å²) in [6.45, 7) is 6.97. The Morgan fingerprint density at radius 1 is 0.920 bits per heavy atom. The van der Waals surface area contributed by atoms with Crippen molar-refractivity contribution < 1.29 is 19.4 Å². The van der Waals surface area contributed by atoms with E-state index in [-0.39, 0.29) is 47.9 Å². The zero-order valence-corrected chi connectivity index (χ0v) is 18.1. The summed E-state index contributed by atoms with van der Waals surface area (Å²) < 4.78 is 3.89. The van der Waals surface area contributed by atoms with Crippen molar-refractivity contribution in [2.75, 3.05) is 3.80 Å². The van der Waals surface area contributed by atoms with Gasteiger partial charge in [0, 0.05) is 0 Å². The van der Waals surface area contributed by atoms with Gasteiger partial charge in [0.1, 0.15) is 0 Å². The van der Waals surface area contributed by atoms with Crippen LogP contribution in [0.3, 0.4) is 0 Å². The molecule has 0 saturated heterocycles. The van der Waals surface area contributed by atoms with Gasteiger partial charge in [-0.05, 0) is 0 Å². The Balaban J connectivity index is 0.00000156. The number of nitrogens with one attached hydrogen (secondary N) is 1. The number of anilines is 1. The van der Waals surface area contributed by atoms with E-state index in [1.165, 1.54) is 28.0 Å². The van der Waals surface area contributed by atoms with E-state index in [1.54, 1.807) is 0 Å². The molecule has 25 heavy (non-hydrogen) atoms. The van der Waals surface area contributed by atoms with Crippen molar-refractivity contribution in [3.63, 3.8) is 0 Å². The maximum atomic E-state index is 3.71. The molecule has 1 aliphatic rings. The Bertz CT molecular complexity index is 752. The average Bonchev–Trinajstić information content (AvgIpc) is 3.00. The van der Waals surface area contributed by atoms with Crippen LogP contribution in [-0.4, -0.2) is 0 Å². The van der Waals surface area contributed by atoms with Crippen LogP contribution in [0.5, 0.6) is 0 Å². The van der Waals surface area contributed by atoms with E-state index in [4.69, 9.17) is 0 Å². The molecule has 3 rings (SSSR count). The molecule has 1 aliphatic carbocycles. The Morgan fingerprint density at radius 3 is 2.20 bits per heavy atom. The van der Waals surface area contributed by atoms with Crippen LogP contribution in [0.25, 0.3) is 5.57 Å². The van der Waals surface area contributed by atoms with Crippen LogP contribution in [-0.2, 0) is 23.1 Å². The summed E-state index contributed by atoms with van der Waals surface area (Å²) in [7, 11) is 0. The molecule has 0 fully saturated rings. The van der Waals surface area contributed by atoms with Crippen LogP contribution >= 0.6 is 24.8 Å². The van der Waals surface area contributed by atoms with Gasteiger partial charge in [0.25, 0.3) is 0 Å². The van der Waals surface area contributed by atoms with Gasteiger partial charge >= 0.3 is 149 Å². The van der Waals surface area contributed by atoms with E-state index in [9.17, 15) is 0 Å². The van der Waals surface area contributed by atoms with Crippen molar-refractivity contribution in [3.05, 3.63) is 83.4 Å². The van der Waals surface area contributed by atoms with Gasteiger partial charge in [-0.2, -0.15) is 0 Å². The summed E-state index contributed by atoms with van der Waals surface area (Å²) in [5.41, 5.74) is 7.03. The second kappa shape index (κ2) is 9.64. The predicted molar refractivity (Wildman–Crippen MR) is 110 cm³/mol. The van der Waals surface area contributed by atoms with Crippen molar-refractivity contribution in [3.8, 4) is 0 Å². The number of hydrogen-bond acceptors (Lipinski definition) is 1. The molecule has 0 unspecified atom stereocenters. The Morgan fingerprint density at radius 2 is 1.56 bits per heavy atom. The minimum absolute atomic E-state index is 0. The van der Waals surface area contributed by atoms with Crippen molar-refractivity contribution >= 4 is 36.1 Å². The van der Waals surface area contributed by atoms with Gasteiger partial charge in [0.05, 0.1) is 0 Å². The molecule has 1 N–H and O–H groups in total. The summed E-state index contributed by atoms with van der Waals surface area (Å²) in [5, 5.41) is 0. The third kappa shape index (κ3) is 5.25. The molecule has 0 aromatic heterocycles. The minimum Gasteiger partial charge on any atom is -0.147 e. The summed E-state index contributed by atoms with van der Waals surface area (Å²) in [5.74, 6) is 0. The first-order valence-corrected chi connectivity index (χ1v) is 9.68. The van der Waals surface area contributed by atoms with E-state index in [1.807, 2.05) is 0 Å². The Hall–Kier alpha value is -0.986. The molecule has 0 amide bonds. The molecule has 0 atom stereocenters. The van der Waals surface area contributed by atoms with E-state index in [0.717, 1.165) is 6.42 Å². The van der Waals surface area contributed by atoms with Crippen LogP contribution in [0.4, 0.5) is 5.69 Å². The standard InChI is InChI=1S/C15H17.C6H6N.2ClH.Ti/c1-11(2)13-8-4-5-9-15(13)14-10-6-7-12(14)3;7-6-4-2-1-3-5-6;;;/h4-9H,10H2,1-3H3;1-5,7H;2*1H;/q;-1;;;+1. The van der Waals surface area contributed by atoms with Crippen molar-refractivity contribution in [2.24, 2.45) is 0 Å². The molecule has 2 aromatic carbocycles. The molecular formula is C21H25Cl2NTi. The van der Waals surface area contributed by atoms with Crippen molar-refractivity contribution in [1.29, 1.82) is 0 Å². The van der Waals surface area contributed by atoms with Crippen LogP contribution < -0.4 is 3.80 Å². The van der Waals surface area contributed by atoms with Crippen LogP contribution in [0, 0.1) is 0 Å². The zero-order valence-electron chi connectivity index (χ0n) is 14.9. The first-order valence-electron chi connectivity index (χ1n) is 8.12. The summed E-state index contributed by atoms with van der Waals surface area (Å²) in [4.78, 5) is 0. The number of rotatable bonds is 5. The molecule has 0 bridgehead atoms. The minimum atomic E-state index is -0.373. The molecule has 4 heteroatoms. The molecule has 132 valence electrons. The molecule has 0 saturated carbocycles. The third-order valence-corrected chi connectivity index (χ3v) is 6.43. The molecule has 2 aromatic rings. The second-order valence-corrected chi connectivity index (χ2v) is 9.29. The van der Waals surface area contributed by atoms with E-state index in [0.29, 0.717) is 0 Å². The third-order valence-electron chi connectivity index (χ3n) is 4.38. The van der Waals surface area contributed by atoms with Crippen molar-refractivity contribution in [2.45, 2.75) is 30.9 Å². The maximum absolute atomic E-state index is 3.71. The van der Waals surface area contributed by atoms with Gasteiger partial charge in [-0.3, -0.25) is 0 Å². The van der Waals surface area contributed by atoms with Gasteiger partial charge in [-0.15, -0.1) is 24.8 Å². The molecule has 0 spiro atoms. The van der Waals surface area contributed by atoms with Gasteiger partial charge in [-0.25, -0.2) is 0 Å². The SMILES string of the molecule is CC1=C(c2ccccc2[C](C)(C)[Ti][NH]c2ccccc2)CC=C1.Cl.Cl. The first kappa shape index (κ1) is 22.1. The number of halogens is 2. The topological polar surface area (TPSA) is 12.0 Å². The monoisotopic (exact) mass is 409 g/mol. The fraction of sp³-hybridized carbons (Fsp3) is 0.238. The molecule has 0 radical (unpaired) electrons. The number of allylic oxidation sites excluding steroid dienone is 4. The Kier molecular flexibility index (Phi) is 8.50. The summed E-state index contributed by atoms with van der Waals surface area (Å²) in [6, 6.07) is 19.5. The predicted octanol–water partition coefficient (Wildman–Crippen LogP) is 6.61. The molecule has 1 nitrogen and oxygen atoms in total. The number of hydrogen-bond donors (Lipinski definition) is 1. The molecule has 0 aliphatic heterocycles. The Labute approximate surface area is 173 Å². The second-order valence-electron chi connectivity index (χ2n) is 6.55. The summed E-state index contributed by atoms with van der Waals surface area (Å²) >= 11 is -0.373. The normalized spacial score (nSPS) is 13.1. The number of para-hydroxylation sites is 1. The zero-order chi connectivity index (χ0) is 16.3. The smallest absolute Gasteiger partial charge is 0.147 e. The van der Waals surface area contributed by atoms with Crippen LogP contribution in [0.1, 0.15) is 38.3 Å². The average molecular weight is 410 g/mol. The largest absolute Gasteiger partial charge is 0.147 e. The van der Waals surface area contributed by atoms with Gasteiger partial charge in [0.2, 0.25) is 0 Å². The van der Waals surface area contributed by atoms with E-state index >= 15 is 0 Å². The van der Waals surface area contributed by atoms with E-state index in [2.05, 4.69) is 91.3 Å². The fourth-order valence-electron chi connectivity index (χ4n) is 3.05. The number of benzene rings is 2. The summed E-state index contributed by atoms with van der Waals surface area (Å²) in [6.07, 6.45) is 5.58. The van der Waals surface area contributed by atoms with Crippen LogP contribution in [0.15, 0.2) is 72.3 Å². The van der Waals surface area contributed by atoms with Gasteiger partial charge in [0.15, 0.2) is 0 Å². The van der Waals surface area contributed by atoms with Crippen LogP contribution in [0.2, 0.25) is 0 Å². The van der Waals surface area contributed by atoms with E-state index < -0.39 is 0 Å². The fourth-order valence-corrected chi connectivity index (χ4v) is 4.57. The van der Waals surface area contributed by atoms with Crippen molar-refractivity contribution in [1.82, 2.24) is 0 Å². The molecule has 0 heterocycles. The quantitative estimate of drug-likeness (QED) is 0.547. The maximum Gasteiger partial charge on any atom is -0.147 e. The van der Waals surface area contributed by atoms with Gasteiger partial charge in [-0.1, -0.05) is 0 Å².